The molecule has 2 aromatic rings. The first-order chi connectivity index (χ1) is 13.9. The second kappa shape index (κ2) is 7.79. The normalized spacial score (nSPS) is 17.9. The van der Waals surface area contributed by atoms with Crippen LogP contribution in [0.5, 0.6) is 0 Å². The number of carbonyl (C=O) groups excluding carboxylic acids is 2. The Hall–Kier alpha value is -3.00. The van der Waals surface area contributed by atoms with E-state index >= 15 is 0 Å². The number of rotatable bonds is 5. The summed E-state index contributed by atoms with van der Waals surface area (Å²) in [6.45, 7) is -0.756. The molecule has 0 atom stereocenters. The molecule has 29 heavy (non-hydrogen) atoms. The van der Waals surface area contributed by atoms with E-state index in [0.29, 0.717) is 11.1 Å². The Kier molecular flexibility index (Phi) is 5.19. The quantitative estimate of drug-likeness (QED) is 0.598. The van der Waals surface area contributed by atoms with Gasteiger partial charge < -0.3 is 4.74 Å². The number of esters is 1. The van der Waals surface area contributed by atoms with Gasteiger partial charge in [0.25, 0.3) is 10.0 Å². The number of fused-ring (bicyclic) bond motifs is 2. The van der Waals surface area contributed by atoms with Gasteiger partial charge in [-0.1, -0.05) is 24.3 Å². The van der Waals surface area contributed by atoms with Crippen molar-refractivity contribution < 1.29 is 22.7 Å². The third-order valence-electron chi connectivity index (χ3n) is 5.06. The highest BCUT2D eigenvalue weighted by molar-refractivity contribution is 7.90. The molecule has 0 amide bonds. The highest BCUT2D eigenvalue weighted by Crippen LogP contribution is 2.23. The molecule has 1 aliphatic heterocycles. The average Bonchev–Trinajstić information content (AvgIpc) is 3.00. The number of Topliss-reactive ketones (excluding diaryl/α,β-unsaturated/α-hetero) is 1. The molecule has 0 unspecified atom stereocenters. The molecule has 0 fully saturated rings. The summed E-state index contributed by atoms with van der Waals surface area (Å²) in [6.07, 6.45) is 4.28. The van der Waals surface area contributed by atoms with Crippen molar-refractivity contribution in [2.75, 3.05) is 13.2 Å². The Bertz CT molecular complexity index is 1120. The van der Waals surface area contributed by atoms with Gasteiger partial charge in [-0.15, -0.1) is 0 Å². The predicted molar refractivity (Wildman–Crippen MR) is 107 cm³/mol. The van der Waals surface area contributed by atoms with Crippen LogP contribution in [0.1, 0.15) is 39.9 Å². The number of carbonyl (C=O) groups is 2. The van der Waals surface area contributed by atoms with Crippen molar-refractivity contribution in [3.8, 4) is 0 Å². The lowest BCUT2D eigenvalue weighted by Gasteiger charge is -2.16. The molecule has 0 spiro atoms. The zero-order chi connectivity index (χ0) is 20.4. The number of hydrogen-bond donors (Lipinski definition) is 1. The smallest absolute Gasteiger partial charge is 0.328 e. The van der Waals surface area contributed by atoms with E-state index in [-0.39, 0.29) is 29.7 Å². The van der Waals surface area contributed by atoms with Crippen LogP contribution in [0.15, 0.2) is 52.4 Å². The van der Waals surface area contributed by atoms with E-state index in [4.69, 9.17) is 4.74 Å². The Morgan fingerprint density at radius 2 is 1.79 bits per heavy atom. The van der Waals surface area contributed by atoms with Gasteiger partial charge >= 0.3 is 5.97 Å². The first-order valence-electron chi connectivity index (χ1n) is 9.41. The van der Waals surface area contributed by atoms with E-state index in [2.05, 4.69) is 9.71 Å². The Balaban J connectivity index is 1.36. The minimum Gasteiger partial charge on any atom is -0.456 e. The lowest BCUT2D eigenvalue weighted by atomic mass is 9.90. The van der Waals surface area contributed by atoms with Crippen molar-refractivity contribution in [1.82, 2.24) is 4.72 Å². The van der Waals surface area contributed by atoms with Crippen LogP contribution in [-0.4, -0.2) is 39.2 Å². The van der Waals surface area contributed by atoms with Gasteiger partial charge in [0.2, 0.25) is 0 Å². The van der Waals surface area contributed by atoms with E-state index in [1.165, 1.54) is 23.6 Å². The van der Waals surface area contributed by atoms with Gasteiger partial charge in [-0.2, -0.15) is 0 Å². The van der Waals surface area contributed by atoms with Crippen LogP contribution in [-0.2, 0) is 32.4 Å². The lowest BCUT2D eigenvalue weighted by Crippen LogP contribution is -2.24. The summed E-state index contributed by atoms with van der Waals surface area (Å²) in [5.41, 5.74) is 3.40. The molecule has 150 valence electrons. The molecule has 0 radical (unpaired) electrons. The fourth-order valence-electron chi connectivity index (χ4n) is 3.58. The number of nitrogens with zero attached hydrogens (tertiary/aromatic N) is 1. The van der Waals surface area contributed by atoms with E-state index in [1.807, 2.05) is 12.1 Å². The number of aliphatic imine (C=N–C) groups is 1. The zero-order valence-electron chi connectivity index (χ0n) is 15.7. The van der Waals surface area contributed by atoms with Crippen LogP contribution < -0.4 is 4.72 Å². The molecule has 4 rings (SSSR count). The first-order valence-corrected chi connectivity index (χ1v) is 10.9. The number of hydrogen-bond acceptors (Lipinski definition) is 6. The Labute approximate surface area is 168 Å². The maximum absolute atomic E-state index is 12.3. The van der Waals surface area contributed by atoms with Gasteiger partial charge in [0.1, 0.15) is 12.4 Å². The van der Waals surface area contributed by atoms with Gasteiger partial charge in [-0.3, -0.25) is 19.3 Å². The molecule has 0 saturated carbocycles. The number of ketones is 1. The lowest BCUT2D eigenvalue weighted by molar-refractivity contribution is -0.140. The second-order valence-corrected chi connectivity index (χ2v) is 8.69. The molecule has 0 saturated heterocycles. The zero-order valence-corrected chi connectivity index (χ0v) is 16.5. The van der Waals surface area contributed by atoms with E-state index in [1.54, 1.807) is 24.3 Å². The highest BCUT2D eigenvalue weighted by atomic mass is 32.2. The fourth-order valence-corrected chi connectivity index (χ4v) is 4.83. The molecule has 7 nitrogen and oxygen atoms in total. The maximum atomic E-state index is 12.3. The summed E-state index contributed by atoms with van der Waals surface area (Å²) in [4.78, 5) is 28.5. The van der Waals surface area contributed by atoms with Crippen molar-refractivity contribution in [3.63, 3.8) is 0 Å². The van der Waals surface area contributed by atoms with Gasteiger partial charge in [-0.05, 0) is 55.0 Å². The number of sulfonamides is 1. The van der Waals surface area contributed by atoms with Crippen LogP contribution in [0.2, 0.25) is 0 Å². The van der Waals surface area contributed by atoms with Crippen molar-refractivity contribution in [2.45, 2.75) is 30.6 Å². The largest absolute Gasteiger partial charge is 0.456 e. The van der Waals surface area contributed by atoms with Crippen molar-refractivity contribution in [3.05, 3.63) is 64.7 Å². The number of amidine groups is 1. The van der Waals surface area contributed by atoms with Crippen molar-refractivity contribution in [2.24, 2.45) is 4.99 Å². The third-order valence-corrected chi connectivity index (χ3v) is 6.46. The van der Waals surface area contributed by atoms with Crippen LogP contribution in [0.3, 0.4) is 0 Å². The molecule has 8 heteroatoms. The molecule has 1 aliphatic carbocycles. The van der Waals surface area contributed by atoms with Crippen molar-refractivity contribution in [1.29, 1.82) is 0 Å². The number of aryl methyl sites for hydroxylation is 2. The Morgan fingerprint density at radius 3 is 2.62 bits per heavy atom. The molecule has 1 N–H and O–H groups in total. The second-order valence-electron chi connectivity index (χ2n) is 7.04. The number of nitrogens with one attached hydrogen (secondary N) is 1. The van der Waals surface area contributed by atoms with Crippen molar-refractivity contribution >= 4 is 27.6 Å². The molecule has 0 aromatic heterocycles. The number of ether oxygens (including phenoxy) is 1. The maximum Gasteiger partial charge on any atom is 0.328 e. The van der Waals surface area contributed by atoms with Gasteiger partial charge in [0.05, 0.1) is 4.90 Å². The van der Waals surface area contributed by atoms with E-state index in [0.717, 1.165) is 19.3 Å². The van der Waals surface area contributed by atoms with Gasteiger partial charge in [0, 0.05) is 11.1 Å². The van der Waals surface area contributed by atoms with Crippen LogP contribution in [0, 0.1) is 0 Å². The van der Waals surface area contributed by atoms with Gasteiger partial charge in [0.15, 0.2) is 12.4 Å². The monoisotopic (exact) mass is 412 g/mol. The summed E-state index contributed by atoms with van der Waals surface area (Å²) in [5, 5.41) is 0. The number of benzene rings is 2. The molecular weight excluding hydrogens is 392 g/mol. The SMILES string of the molecule is O=C(CN=C1NS(=O)(=O)c2ccccc21)OCC(=O)c1ccc2c(c1)CCCC2. The summed E-state index contributed by atoms with van der Waals surface area (Å²) in [6, 6.07) is 12.0. The molecule has 1 heterocycles. The predicted octanol–water partition coefficient (Wildman–Crippen LogP) is 2.03. The molecule has 2 aliphatic rings. The minimum absolute atomic E-state index is 0.0959. The molecular formula is C21H20N2O5S. The standard InChI is InChI=1S/C21H20N2O5S/c24-18(16-10-9-14-5-1-2-6-15(14)11-16)13-28-20(25)12-22-21-17-7-3-4-8-19(17)29(26,27)23-21/h3-4,7-11H,1-2,5-6,12-13H2,(H,22,23). The summed E-state index contributed by atoms with van der Waals surface area (Å²) in [5.74, 6) is -0.878. The highest BCUT2D eigenvalue weighted by Gasteiger charge is 2.30. The third kappa shape index (κ3) is 4.07. The fraction of sp³-hybridized carbons (Fsp3) is 0.286. The van der Waals surface area contributed by atoms with Crippen LogP contribution >= 0.6 is 0 Å². The average molecular weight is 412 g/mol. The summed E-state index contributed by atoms with van der Waals surface area (Å²) in [7, 11) is -3.66. The molecule has 2 aromatic carbocycles. The first kappa shape index (κ1) is 19.3. The summed E-state index contributed by atoms with van der Waals surface area (Å²) >= 11 is 0. The van der Waals surface area contributed by atoms with E-state index in [9.17, 15) is 18.0 Å². The van der Waals surface area contributed by atoms with Crippen LogP contribution in [0.25, 0.3) is 0 Å². The summed E-state index contributed by atoms with van der Waals surface area (Å²) < 4.78 is 31.4. The van der Waals surface area contributed by atoms with Gasteiger partial charge in [-0.25, -0.2) is 8.42 Å². The minimum atomic E-state index is -3.66. The van der Waals surface area contributed by atoms with Crippen LogP contribution in [0.4, 0.5) is 0 Å². The molecule has 0 bridgehead atoms. The van der Waals surface area contributed by atoms with E-state index < -0.39 is 16.0 Å². The Morgan fingerprint density at radius 1 is 1.03 bits per heavy atom. The topological polar surface area (TPSA) is 102 Å².